The summed E-state index contributed by atoms with van der Waals surface area (Å²) in [6.45, 7) is 7.53. The Morgan fingerprint density at radius 2 is 1.79 bits per heavy atom. The number of para-hydroxylation sites is 1. The number of nitrogens with one attached hydrogen (secondary N) is 1. The molecule has 0 aliphatic rings. The molecule has 0 aromatic heterocycles. The van der Waals surface area contributed by atoms with Crippen LogP contribution in [-0.4, -0.2) is 25.2 Å². The van der Waals surface area contributed by atoms with E-state index in [0.29, 0.717) is 13.0 Å². The zero-order chi connectivity index (χ0) is 20.2. The average molecular weight is 384 g/mol. The number of benzene rings is 2. The van der Waals surface area contributed by atoms with Crippen LogP contribution in [0.3, 0.4) is 0 Å². The molecule has 0 saturated heterocycles. The van der Waals surface area contributed by atoms with Gasteiger partial charge in [0.1, 0.15) is 11.5 Å². The van der Waals surface area contributed by atoms with Crippen molar-refractivity contribution in [3.8, 4) is 11.5 Å². The molecule has 0 unspecified atom stereocenters. The molecule has 1 atom stereocenters. The molecule has 0 heterocycles. The molecule has 152 valence electrons. The predicted molar refractivity (Wildman–Crippen MR) is 114 cm³/mol. The number of hydrogen-bond donors (Lipinski definition) is 1. The molecule has 0 aliphatic carbocycles. The van der Waals surface area contributed by atoms with Gasteiger partial charge in [-0.3, -0.25) is 4.79 Å². The van der Waals surface area contributed by atoms with Crippen molar-refractivity contribution in [2.45, 2.75) is 59.0 Å². The minimum atomic E-state index is -0.465. The molecular weight excluding hydrogens is 350 g/mol. The lowest BCUT2D eigenvalue weighted by atomic mass is 10.1. The largest absolute Gasteiger partial charge is 0.493 e. The fourth-order valence-corrected chi connectivity index (χ4v) is 2.96. The Balaban J connectivity index is 1.79. The van der Waals surface area contributed by atoms with Crippen LogP contribution in [0.4, 0.5) is 0 Å². The topological polar surface area (TPSA) is 47.6 Å². The summed E-state index contributed by atoms with van der Waals surface area (Å²) in [7, 11) is 0. The highest BCUT2D eigenvalue weighted by Crippen LogP contribution is 2.20. The standard InChI is InChI=1S/C24H33NO3/c1-4-18-27-23-12-8-7-10-20(23)11-9-17-25-24(26)22(6-3)28-21-15-13-19(5-2)14-16-21/h7-8,10,12-16,22H,4-6,9,11,17-18H2,1-3H3,(H,25,26)/t22-/m1/s1. The SMILES string of the molecule is CCCOc1ccccc1CCCNC(=O)[C@@H](CC)Oc1ccc(CC)cc1. The van der Waals surface area contributed by atoms with Gasteiger partial charge in [0.05, 0.1) is 6.61 Å². The Kier molecular flexibility index (Phi) is 9.40. The van der Waals surface area contributed by atoms with Gasteiger partial charge in [0, 0.05) is 6.54 Å². The molecule has 0 bridgehead atoms. The van der Waals surface area contributed by atoms with Crippen molar-refractivity contribution >= 4 is 5.91 Å². The fourth-order valence-electron chi connectivity index (χ4n) is 2.96. The van der Waals surface area contributed by atoms with E-state index in [0.717, 1.165) is 43.8 Å². The molecule has 0 fully saturated rings. The first-order chi connectivity index (χ1) is 13.7. The molecular formula is C24H33NO3. The normalized spacial score (nSPS) is 11.7. The number of carbonyl (C=O) groups excluding carboxylic acids is 1. The number of amides is 1. The molecule has 2 rings (SSSR count). The Bertz CT molecular complexity index is 712. The van der Waals surface area contributed by atoms with E-state index in [2.05, 4.69) is 25.2 Å². The van der Waals surface area contributed by atoms with Crippen LogP contribution in [0.1, 0.15) is 51.2 Å². The van der Waals surface area contributed by atoms with E-state index < -0.39 is 6.10 Å². The minimum absolute atomic E-state index is 0.0578. The lowest BCUT2D eigenvalue weighted by molar-refractivity contribution is -0.128. The third-order valence-corrected chi connectivity index (χ3v) is 4.63. The van der Waals surface area contributed by atoms with Gasteiger partial charge in [-0.1, -0.05) is 51.1 Å². The van der Waals surface area contributed by atoms with Crippen LogP contribution in [-0.2, 0) is 17.6 Å². The second-order valence-corrected chi connectivity index (χ2v) is 6.86. The van der Waals surface area contributed by atoms with Crippen LogP contribution in [0.2, 0.25) is 0 Å². The molecule has 0 aliphatic heterocycles. The molecule has 0 radical (unpaired) electrons. The van der Waals surface area contributed by atoms with Crippen LogP contribution in [0.15, 0.2) is 48.5 Å². The second kappa shape index (κ2) is 12.1. The Labute approximate surface area is 169 Å². The van der Waals surface area contributed by atoms with Crippen LogP contribution in [0.25, 0.3) is 0 Å². The number of ether oxygens (including phenoxy) is 2. The summed E-state index contributed by atoms with van der Waals surface area (Å²) in [4.78, 5) is 12.5. The Hall–Kier alpha value is -2.49. The zero-order valence-corrected chi connectivity index (χ0v) is 17.4. The first-order valence-electron chi connectivity index (χ1n) is 10.4. The molecule has 28 heavy (non-hydrogen) atoms. The highest BCUT2D eigenvalue weighted by Gasteiger charge is 2.17. The quantitative estimate of drug-likeness (QED) is 0.528. The van der Waals surface area contributed by atoms with Gasteiger partial charge in [0.15, 0.2) is 6.10 Å². The van der Waals surface area contributed by atoms with Crippen LogP contribution in [0.5, 0.6) is 11.5 Å². The Morgan fingerprint density at radius 3 is 2.46 bits per heavy atom. The summed E-state index contributed by atoms with van der Waals surface area (Å²) in [6.07, 6.45) is 3.88. The van der Waals surface area contributed by atoms with Crippen molar-refractivity contribution in [3.05, 3.63) is 59.7 Å². The maximum atomic E-state index is 12.5. The summed E-state index contributed by atoms with van der Waals surface area (Å²) in [5.41, 5.74) is 2.44. The van der Waals surface area contributed by atoms with Gasteiger partial charge in [0.25, 0.3) is 5.91 Å². The third-order valence-electron chi connectivity index (χ3n) is 4.63. The lowest BCUT2D eigenvalue weighted by Gasteiger charge is -2.17. The number of carbonyl (C=O) groups is 1. The number of hydrogen-bond acceptors (Lipinski definition) is 3. The minimum Gasteiger partial charge on any atom is -0.493 e. The fraction of sp³-hybridized carbons (Fsp3) is 0.458. The maximum Gasteiger partial charge on any atom is 0.261 e. The molecule has 2 aromatic carbocycles. The van der Waals surface area contributed by atoms with Gasteiger partial charge in [0.2, 0.25) is 0 Å². The summed E-state index contributed by atoms with van der Waals surface area (Å²) in [5, 5.41) is 3.00. The maximum absolute atomic E-state index is 12.5. The van der Waals surface area contributed by atoms with Gasteiger partial charge in [-0.05, 0) is 61.4 Å². The molecule has 2 aromatic rings. The number of aryl methyl sites for hydroxylation is 2. The highest BCUT2D eigenvalue weighted by molar-refractivity contribution is 5.81. The Morgan fingerprint density at radius 1 is 1.04 bits per heavy atom. The van der Waals surface area contributed by atoms with Gasteiger partial charge in [-0.25, -0.2) is 0 Å². The molecule has 0 saturated carbocycles. The van der Waals surface area contributed by atoms with Crippen LogP contribution >= 0.6 is 0 Å². The second-order valence-electron chi connectivity index (χ2n) is 6.86. The predicted octanol–water partition coefficient (Wildman–Crippen LogP) is 4.94. The van der Waals surface area contributed by atoms with Crippen molar-refractivity contribution in [2.75, 3.05) is 13.2 Å². The monoisotopic (exact) mass is 383 g/mol. The molecule has 4 heteroatoms. The van der Waals surface area contributed by atoms with Crippen LogP contribution in [0, 0.1) is 0 Å². The van der Waals surface area contributed by atoms with Crippen LogP contribution < -0.4 is 14.8 Å². The average Bonchev–Trinajstić information content (AvgIpc) is 2.74. The van der Waals surface area contributed by atoms with E-state index in [1.165, 1.54) is 11.1 Å². The first kappa shape index (κ1) is 21.8. The van der Waals surface area contributed by atoms with Gasteiger partial charge in [-0.15, -0.1) is 0 Å². The highest BCUT2D eigenvalue weighted by atomic mass is 16.5. The summed E-state index contributed by atoms with van der Waals surface area (Å²) < 4.78 is 11.7. The smallest absolute Gasteiger partial charge is 0.261 e. The molecule has 1 N–H and O–H groups in total. The molecule has 0 spiro atoms. The summed E-state index contributed by atoms with van der Waals surface area (Å²) in [6, 6.07) is 16.1. The van der Waals surface area contributed by atoms with Crippen molar-refractivity contribution in [1.82, 2.24) is 5.32 Å². The van der Waals surface area contributed by atoms with E-state index in [-0.39, 0.29) is 5.91 Å². The summed E-state index contributed by atoms with van der Waals surface area (Å²) in [5.74, 6) is 1.62. The van der Waals surface area contributed by atoms with Crippen molar-refractivity contribution in [2.24, 2.45) is 0 Å². The lowest BCUT2D eigenvalue weighted by Crippen LogP contribution is -2.38. The zero-order valence-electron chi connectivity index (χ0n) is 17.4. The van der Waals surface area contributed by atoms with E-state index >= 15 is 0 Å². The van der Waals surface area contributed by atoms with Crippen molar-refractivity contribution in [1.29, 1.82) is 0 Å². The van der Waals surface area contributed by atoms with Crippen molar-refractivity contribution < 1.29 is 14.3 Å². The third kappa shape index (κ3) is 6.91. The van der Waals surface area contributed by atoms with Crippen molar-refractivity contribution in [3.63, 3.8) is 0 Å². The van der Waals surface area contributed by atoms with Gasteiger partial charge in [-0.2, -0.15) is 0 Å². The van der Waals surface area contributed by atoms with E-state index in [4.69, 9.17) is 9.47 Å². The van der Waals surface area contributed by atoms with E-state index in [1.807, 2.05) is 49.4 Å². The van der Waals surface area contributed by atoms with E-state index in [9.17, 15) is 4.79 Å². The first-order valence-corrected chi connectivity index (χ1v) is 10.4. The number of rotatable bonds is 12. The molecule has 1 amide bonds. The summed E-state index contributed by atoms with van der Waals surface area (Å²) >= 11 is 0. The van der Waals surface area contributed by atoms with E-state index in [1.54, 1.807) is 0 Å². The van der Waals surface area contributed by atoms with Gasteiger partial charge >= 0.3 is 0 Å². The van der Waals surface area contributed by atoms with Gasteiger partial charge < -0.3 is 14.8 Å². The molecule has 4 nitrogen and oxygen atoms in total.